The van der Waals surface area contributed by atoms with Crippen LogP contribution in [0.1, 0.15) is 83.1 Å². The largest absolute Gasteiger partial charge is 0.461 e. The van der Waals surface area contributed by atoms with Crippen LogP contribution in [0.5, 0.6) is 0 Å². The molecule has 2 N–H and O–H groups in total. The fourth-order valence-electron chi connectivity index (χ4n) is 4.66. The highest BCUT2D eigenvalue weighted by Gasteiger charge is 2.36. The van der Waals surface area contributed by atoms with Crippen molar-refractivity contribution in [2.45, 2.75) is 130 Å². The van der Waals surface area contributed by atoms with Gasteiger partial charge in [-0.3, -0.25) is 9.59 Å². The van der Waals surface area contributed by atoms with Crippen molar-refractivity contribution in [1.29, 1.82) is 0 Å². The van der Waals surface area contributed by atoms with Gasteiger partial charge < -0.3 is 53.3 Å². The molecule has 4 unspecified atom stereocenters. The summed E-state index contributed by atoms with van der Waals surface area (Å²) in [5.41, 5.74) is -5.20. The first-order chi connectivity index (χ1) is 25.3. The molecule has 0 radical (unpaired) electrons. The lowest BCUT2D eigenvalue weighted by Crippen LogP contribution is -2.48. The van der Waals surface area contributed by atoms with Gasteiger partial charge in [0.15, 0.2) is 11.2 Å². The van der Waals surface area contributed by atoms with E-state index in [0.717, 1.165) is 12.2 Å². The molecule has 2 amide bonds. The molecule has 17 heteroatoms. The van der Waals surface area contributed by atoms with E-state index < -0.39 is 82.5 Å². The molecule has 0 aromatic carbocycles. The van der Waals surface area contributed by atoms with Crippen LogP contribution in [-0.2, 0) is 71.4 Å². The third-order valence-corrected chi connectivity index (χ3v) is 7.26. The van der Waals surface area contributed by atoms with Crippen molar-refractivity contribution < 1.29 is 71.4 Å². The van der Waals surface area contributed by atoms with E-state index >= 15 is 0 Å². The Bertz CT molecular complexity index is 1200. The quantitative estimate of drug-likeness (QED) is 0.0505. The molecule has 0 aromatic heterocycles. The number of carbonyl (C=O) groups is 6. The molecule has 4 atom stereocenters. The van der Waals surface area contributed by atoms with E-state index in [4.69, 9.17) is 42.6 Å². The van der Waals surface area contributed by atoms with Gasteiger partial charge in [-0.25, -0.2) is 19.2 Å². The van der Waals surface area contributed by atoms with Gasteiger partial charge >= 0.3 is 23.9 Å². The van der Waals surface area contributed by atoms with Gasteiger partial charge in [-0.15, -0.1) is 0 Å². The molecular weight excluding hydrogens is 724 g/mol. The van der Waals surface area contributed by atoms with Crippen LogP contribution in [0, 0.1) is 0 Å². The van der Waals surface area contributed by atoms with Gasteiger partial charge in [0.1, 0.15) is 37.6 Å². The maximum Gasteiger partial charge on any atom is 0.337 e. The number of ether oxygens (including phenoxy) is 9. The number of carbonyl (C=O) groups excluding carboxylic acids is 6. The molecule has 55 heavy (non-hydrogen) atoms. The first-order valence-corrected chi connectivity index (χ1v) is 18.1. The summed E-state index contributed by atoms with van der Waals surface area (Å²) >= 11 is 0. The zero-order chi connectivity index (χ0) is 42.6. The van der Waals surface area contributed by atoms with Crippen LogP contribution in [-0.4, -0.2) is 135 Å². The molecule has 0 rings (SSSR count). The first kappa shape index (κ1) is 51.1. The SMILES string of the molecule is C=CC(=O)OCCNC(=O)C(C)(C)OC(C)COC(=O)C(C)(C)OC(C)COCC(C)OC(C)(C)C(=O)OCC(C)OC(C)(C)C(=O)NCCOC(=O)C=C. The zero-order valence-corrected chi connectivity index (χ0v) is 34.7. The Morgan fingerprint density at radius 1 is 0.491 bits per heavy atom. The Morgan fingerprint density at radius 2 is 0.782 bits per heavy atom. The lowest BCUT2D eigenvalue weighted by molar-refractivity contribution is -0.188. The van der Waals surface area contributed by atoms with Crippen molar-refractivity contribution in [3.05, 3.63) is 25.3 Å². The van der Waals surface area contributed by atoms with Crippen molar-refractivity contribution >= 4 is 35.7 Å². The molecule has 0 bridgehead atoms. The van der Waals surface area contributed by atoms with Gasteiger partial charge in [0.05, 0.1) is 50.7 Å². The summed E-state index contributed by atoms with van der Waals surface area (Å²) < 4.78 is 49.6. The molecule has 0 heterocycles. The lowest BCUT2D eigenvalue weighted by Gasteiger charge is -2.31. The Morgan fingerprint density at radius 3 is 1.09 bits per heavy atom. The fourth-order valence-corrected chi connectivity index (χ4v) is 4.66. The van der Waals surface area contributed by atoms with Crippen molar-refractivity contribution in [3.8, 4) is 0 Å². The maximum atomic E-state index is 12.9. The van der Waals surface area contributed by atoms with Gasteiger partial charge in [-0.05, 0) is 83.1 Å². The Hall–Kier alpha value is -3.90. The van der Waals surface area contributed by atoms with Gasteiger partial charge in [-0.1, -0.05) is 13.2 Å². The van der Waals surface area contributed by atoms with E-state index in [1.165, 1.54) is 0 Å². The fraction of sp³-hybridized carbons (Fsp3) is 0.737. The van der Waals surface area contributed by atoms with Gasteiger partial charge in [0.2, 0.25) is 0 Å². The van der Waals surface area contributed by atoms with Gasteiger partial charge in [0, 0.05) is 12.2 Å². The number of hydrogen-bond donors (Lipinski definition) is 2. The normalized spacial score (nSPS) is 14.3. The second-order valence-electron chi connectivity index (χ2n) is 14.7. The highest BCUT2D eigenvalue weighted by molar-refractivity contribution is 5.85. The first-order valence-electron chi connectivity index (χ1n) is 18.1. The molecular formula is C38H64N2O15. The topological polar surface area (TPSA) is 210 Å². The third kappa shape index (κ3) is 21.1. The third-order valence-electron chi connectivity index (χ3n) is 7.26. The Kier molecular flexibility index (Phi) is 22.2. The van der Waals surface area contributed by atoms with Crippen molar-refractivity contribution in [1.82, 2.24) is 10.6 Å². The number of rotatable bonds is 28. The molecule has 0 saturated heterocycles. The average molecular weight is 789 g/mol. The van der Waals surface area contributed by atoms with Gasteiger partial charge in [-0.2, -0.15) is 0 Å². The van der Waals surface area contributed by atoms with E-state index in [1.807, 2.05) is 0 Å². The summed E-state index contributed by atoms with van der Waals surface area (Å²) in [6.45, 7) is 25.9. The summed E-state index contributed by atoms with van der Waals surface area (Å²) in [5.74, 6) is -3.36. The Labute approximate surface area is 325 Å². The highest BCUT2D eigenvalue weighted by atomic mass is 16.6. The van der Waals surface area contributed by atoms with E-state index in [-0.39, 0.29) is 52.7 Å². The van der Waals surface area contributed by atoms with Crippen LogP contribution in [0.15, 0.2) is 25.3 Å². The van der Waals surface area contributed by atoms with Crippen molar-refractivity contribution in [3.63, 3.8) is 0 Å². The molecule has 0 aliphatic rings. The molecule has 0 fully saturated rings. The molecule has 0 aliphatic carbocycles. The van der Waals surface area contributed by atoms with E-state index in [2.05, 4.69) is 23.8 Å². The lowest BCUT2D eigenvalue weighted by atomic mass is 10.1. The standard InChI is InChI=1S/C38H64N2O15/c1-15-29(41)48-19-17-39-31(43)35(7,8)52-27(5)23-50-33(45)37(11,12)54-25(3)21-47-22-26(4)55-38(13,14)34(46)51-24-28(6)53-36(9,10)32(44)40-18-20-49-30(42)16-2/h15-16,25-28H,1-2,17-24H2,3-14H3,(H,39,43)(H,40,44). The maximum absolute atomic E-state index is 12.9. The highest BCUT2D eigenvalue weighted by Crippen LogP contribution is 2.20. The number of esters is 4. The molecule has 17 nitrogen and oxygen atoms in total. The summed E-state index contributed by atoms with van der Waals surface area (Å²) in [4.78, 5) is 73.0. The summed E-state index contributed by atoms with van der Waals surface area (Å²) in [6.07, 6.45) is -0.290. The second-order valence-corrected chi connectivity index (χ2v) is 14.7. The summed E-state index contributed by atoms with van der Waals surface area (Å²) in [6, 6.07) is 0. The minimum absolute atomic E-state index is 0.0241. The van der Waals surface area contributed by atoms with Gasteiger partial charge in [0.25, 0.3) is 11.8 Å². The monoisotopic (exact) mass is 788 g/mol. The number of amides is 2. The molecule has 0 spiro atoms. The minimum atomic E-state index is -1.34. The van der Waals surface area contributed by atoms with Crippen molar-refractivity contribution in [2.24, 2.45) is 0 Å². The van der Waals surface area contributed by atoms with Crippen molar-refractivity contribution in [2.75, 3.05) is 52.7 Å². The number of nitrogens with one attached hydrogen (secondary N) is 2. The molecule has 0 saturated carbocycles. The van der Waals surface area contributed by atoms with Crippen LogP contribution >= 0.6 is 0 Å². The smallest absolute Gasteiger partial charge is 0.337 e. The van der Waals surface area contributed by atoms with E-state index in [1.54, 1.807) is 83.1 Å². The van der Waals surface area contributed by atoms with Crippen LogP contribution in [0.3, 0.4) is 0 Å². The predicted molar refractivity (Wildman–Crippen MR) is 200 cm³/mol. The van der Waals surface area contributed by atoms with Crippen LogP contribution in [0.2, 0.25) is 0 Å². The predicted octanol–water partition coefficient (Wildman–Crippen LogP) is 2.52. The second kappa shape index (κ2) is 23.9. The van der Waals surface area contributed by atoms with Crippen LogP contribution in [0.25, 0.3) is 0 Å². The van der Waals surface area contributed by atoms with E-state index in [0.29, 0.717) is 0 Å². The molecule has 316 valence electrons. The van der Waals surface area contributed by atoms with Crippen LogP contribution in [0.4, 0.5) is 0 Å². The summed E-state index contributed by atoms with van der Waals surface area (Å²) in [7, 11) is 0. The van der Waals surface area contributed by atoms with E-state index in [9.17, 15) is 28.8 Å². The minimum Gasteiger partial charge on any atom is -0.461 e. The Balaban J connectivity index is 4.64. The average Bonchev–Trinajstić information content (AvgIpc) is 3.08. The molecule has 0 aliphatic heterocycles. The number of hydrogen-bond acceptors (Lipinski definition) is 15. The van der Waals surface area contributed by atoms with Crippen LogP contribution < -0.4 is 10.6 Å². The molecule has 0 aromatic rings. The zero-order valence-electron chi connectivity index (χ0n) is 34.7. The summed E-state index contributed by atoms with van der Waals surface area (Å²) in [5, 5.41) is 5.23.